The number of benzene rings is 2. The van der Waals surface area contributed by atoms with Crippen molar-refractivity contribution in [3.05, 3.63) is 53.2 Å². The van der Waals surface area contributed by atoms with Gasteiger partial charge in [0.15, 0.2) is 0 Å². The number of para-hydroxylation sites is 2. The molecule has 0 saturated heterocycles. The molecule has 2 heterocycles. The summed E-state index contributed by atoms with van der Waals surface area (Å²) in [5.41, 5.74) is 5.07. The van der Waals surface area contributed by atoms with Gasteiger partial charge in [0.1, 0.15) is 5.82 Å². The summed E-state index contributed by atoms with van der Waals surface area (Å²) >= 11 is 0. The third-order valence-corrected chi connectivity index (χ3v) is 8.23. The molecule has 176 valence electrons. The number of imidazole rings is 1. The van der Waals surface area contributed by atoms with Gasteiger partial charge in [-0.05, 0) is 73.4 Å². The van der Waals surface area contributed by atoms with E-state index >= 15 is 0 Å². The van der Waals surface area contributed by atoms with Crippen LogP contribution >= 0.6 is 0 Å². The normalized spacial score (nSPS) is 16.0. The lowest BCUT2D eigenvalue weighted by Crippen LogP contribution is -2.28. The quantitative estimate of drug-likeness (QED) is 0.343. The molecule has 2 aliphatic rings. The van der Waals surface area contributed by atoms with Crippen LogP contribution in [0.15, 0.2) is 41.3 Å². The zero-order chi connectivity index (χ0) is 23.4. The first-order chi connectivity index (χ1) is 16.4. The number of rotatable bonds is 7. The highest BCUT2D eigenvalue weighted by Gasteiger charge is 2.30. The first-order valence-electron chi connectivity index (χ1n) is 12.1. The molecule has 1 fully saturated rings. The zero-order valence-corrected chi connectivity index (χ0v) is 20.3. The van der Waals surface area contributed by atoms with Gasteiger partial charge in [0, 0.05) is 28.9 Å². The maximum Gasteiger partial charge on any atom is 0.241 e. The van der Waals surface area contributed by atoms with E-state index in [1.54, 1.807) is 0 Å². The standard InChI is InChI=1S/C26H29N5O2S/c1-15(2)14-27-34(32,33)23-12-17-6-5-7-18(17)24-19(23)13-22(16-10-11-16)28-25(24)31-26-29-20-8-3-4-9-21(20)30-26/h3-4,8-9,12-13,15-16,27H,5-7,10-11,14H2,1-2H3,(H2,28,29,30,31). The molecule has 7 nitrogen and oxygen atoms in total. The van der Waals surface area contributed by atoms with Crippen LogP contribution in [-0.2, 0) is 22.9 Å². The lowest BCUT2D eigenvalue weighted by Gasteiger charge is -2.18. The van der Waals surface area contributed by atoms with E-state index in [0.29, 0.717) is 29.1 Å². The molecule has 4 aromatic rings. The fourth-order valence-corrected chi connectivity index (χ4v) is 6.35. The summed E-state index contributed by atoms with van der Waals surface area (Å²) in [6.07, 6.45) is 4.99. The number of nitrogens with one attached hydrogen (secondary N) is 3. The van der Waals surface area contributed by atoms with Crippen LogP contribution in [0.4, 0.5) is 11.8 Å². The van der Waals surface area contributed by atoms with E-state index < -0.39 is 10.0 Å². The largest absolute Gasteiger partial charge is 0.324 e. The second-order valence-corrected chi connectivity index (χ2v) is 11.7. The molecule has 8 heteroatoms. The van der Waals surface area contributed by atoms with Crippen molar-refractivity contribution < 1.29 is 8.42 Å². The number of hydrogen-bond donors (Lipinski definition) is 3. The molecule has 1 saturated carbocycles. The Morgan fingerprint density at radius 3 is 2.71 bits per heavy atom. The predicted octanol–water partition coefficient (Wildman–Crippen LogP) is 5.16. The molecule has 0 spiro atoms. The maximum absolute atomic E-state index is 13.5. The van der Waals surface area contributed by atoms with E-state index in [2.05, 4.69) is 20.0 Å². The summed E-state index contributed by atoms with van der Waals surface area (Å²) in [5.74, 6) is 1.91. The van der Waals surface area contributed by atoms with Crippen LogP contribution in [0.3, 0.4) is 0 Å². The van der Waals surface area contributed by atoms with Gasteiger partial charge in [0.25, 0.3) is 0 Å². The Morgan fingerprint density at radius 2 is 1.94 bits per heavy atom. The zero-order valence-electron chi connectivity index (χ0n) is 19.5. The number of sulfonamides is 1. The fraction of sp³-hybridized carbons (Fsp3) is 0.385. The van der Waals surface area contributed by atoms with E-state index in [4.69, 9.17) is 4.98 Å². The lowest BCUT2D eigenvalue weighted by molar-refractivity contribution is 0.561. The highest BCUT2D eigenvalue weighted by atomic mass is 32.2. The molecule has 2 aromatic carbocycles. The van der Waals surface area contributed by atoms with Crippen LogP contribution in [-0.4, -0.2) is 29.9 Å². The van der Waals surface area contributed by atoms with E-state index in [9.17, 15) is 8.42 Å². The number of aryl methyl sites for hydroxylation is 2. The van der Waals surface area contributed by atoms with Crippen molar-refractivity contribution in [2.45, 2.75) is 56.8 Å². The first kappa shape index (κ1) is 21.6. The molecule has 6 rings (SSSR count). The van der Waals surface area contributed by atoms with Gasteiger partial charge in [-0.25, -0.2) is 23.1 Å². The minimum Gasteiger partial charge on any atom is -0.324 e. The second-order valence-electron chi connectivity index (χ2n) is 9.93. The number of hydrogen-bond acceptors (Lipinski definition) is 5. The van der Waals surface area contributed by atoms with Crippen LogP contribution in [0.5, 0.6) is 0 Å². The topological polar surface area (TPSA) is 99.8 Å². The Bertz CT molecular complexity index is 1490. The van der Waals surface area contributed by atoms with Gasteiger partial charge in [0.05, 0.1) is 15.9 Å². The average Bonchev–Trinajstić information content (AvgIpc) is 3.41. The number of H-pyrrole nitrogens is 1. The van der Waals surface area contributed by atoms with Crippen molar-refractivity contribution in [2.75, 3.05) is 11.9 Å². The number of anilines is 2. The first-order valence-corrected chi connectivity index (χ1v) is 13.6. The van der Waals surface area contributed by atoms with Crippen LogP contribution in [0.1, 0.15) is 55.8 Å². The van der Waals surface area contributed by atoms with Gasteiger partial charge < -0.3 is 10.3 Å². The van der Waals surface area contributed by atoms with Crippen LogP contribution in [0, 0.1) is 5.92 Å². The van der Waals surface area contributed by atoms with Gasteiger partial charge in [-0.15, -0.1) is 0 Å². The van der Waals surface area contributed by atoms with Crippen LogP contribution < -0.4 is 10.0 Å². The highest BCUT2D eigenvalue weighted by Crippen LogP contribution is 2.44. The Kier molecular flexibility index (Phi) is 5.11. The summed E-state index contributed by atoms with van der Waals surface area (Å²) in [6, 6.07) is 11.8. The highest BCUT2D eigenvalue weighted by molar-refractivity contribution is 7.89. The summed E-state index contributed by atoms with van der Waals surface area (Å²) in [6.45, 7) is 4.42. The van der Waals surface area contributed by atoms with Crippen LogP contribution in [0.25, 0.3) is 21.8 Å². The van der Waals surface area contributed by atoms with Gasteiger partial charge in [-0.1, -0.05) is 26.0 Å². The summed E-state index contributed by atoms with van der Waals surface area (Å²) in [7, 11) is -3.66. The number of fused-ring (bicyclic) bond motifs is 4. The van der Waals surface area contributed by atoms with Gasteiger partial charge in [-0.2, -0.15) is 0 Å². The van der Waals surface area contributed by atoms with E-state index in [0.717, 1.165) is 65.2 Å². The predicted molar refractivity (Wildman–Crippen MR) is 135 cm³/mol. The average molecular weight is 476 g/mol. The summed E-state index contributed by atoms with van der Waals surface area (Å²) in [5, 5.41) is 5.09. The van der Waals surface area contributed by atoms with Crippen LogP contribution in [0.2, 0.25) is 0 Å². The van der Waals surface area contributed by atoms with Crippen molar-refractivity contribution in [3.63, 3.8) is 0 Å². The lowest BCUT2D eigenvalue weighted by atomic mass is 10.00. The molecular weight excluding hydrogens is 446 g/mol. The van der Waals surface area contributed by atoms with Gasteiger partial charge in [0.2, 0.25) is 16.0 Å². The molecule has 2 aliphatic carbocycles. The second kappa shape index (κ2) is 8.06. The summed E-state index contributed by atoms with van der Waals surface area (Å²) < 4.78 is 29.7. The monoisotopic (exact) mass is 475 g/mol. The van der Waals surface area contributed by atoms with Crippen molar-refractivity contribution in [2.24, 2.45) is 5.92 Å². The van der Waals surface area contributed by atoms with E-state index in [-0.39, 0.29) is 5.92 Å². The fourth-order valence-electron chi connectivity index (χ4n) is 4.89. The molecule has 3 N–H and O–H groups in total. The van der Waals surface area contributed by atoms with Gasteiger partial charge >= 0.3 is 0 Å². The molecule has 34 heavy (non-hydrogen) atoms. The molecule has 2 aromatic heterocycles. The molecule has 0 bridgehead atoms. The smallest absolute Gasteiger partial charge is 0.241 e. The van der Waals surface area contributed by atoms with E-state index in [1.807, 2.05) is 50.2 Å². The number of nitrogens with zero attached hydrogens (tertiary/aromatic N) is 2. The molecule has 0 amide bonds. The van der Waals surface area contributed by atoms with Gasteiger partial charge in [-0.3, -0.25) is 0 Å². The number of aromatic amines is 1. The SMILES string of the molecule is CC(C)CNS(=O)(=O)c1cc2c(c3c(Nc4nc5ccccc5[nH]4)nc(C4CC4)cc13)CCC2. The third-order valence-electron chi connectivity index (χ3n) is 6.77. The van der Waals surface area contributed by atoms with Crippen molar-refractivity contribution >= 4 is 43.6 Å². The number of aromatic nitrogens is 3. The molecule has 0 atom stereocenters. The molecule has 0 aliphatic heterocycles. The minimum absolute atomic E-state index is 0.226. The summed E-state index contributed by atoms with van der Waals surface area (Å²) in [4.78, 5) is 13.4. The van der Waals surface area contributed by atoms with Crippen molar-refractivity contribution in [1.29, 1.82) is 0 Å². The molecular formula is C26H29N5O2S. The maximum atomic E-state index is 13.5. The Morgan fingerprint density at radius 1 is 1.12 bits per heavy atom. The third kappa shape index (κ3) is 3.84. The van der Waals surface area contributed by atoms with Crippen molar-refractivity contribution in [1.82, 2.24) is 19.7 Å². The minimum atomic E-state index is -3.66. The Labute approximate surface area is 199 Å². The number of pyridine rings is 1. The molecule has 0 radical (unpaired) electrons. The van der Waals surface area contributed by atoms with E-state index in [1.165, 1.54) is 5.56 Å². The Hall–Kier alpha value is -2.97. The molecule has 0 unspecified atom stereocenters. The Balaban J connectivity index is 1.56. The van der Waals surface area contributed by atoms with Crippen molar-refractivity contribution in [3.8, 4) is 0 Å².